The van der Waals surface area contributed by atoms with Gasteiger partial charge in [0.25, 0.3) is 0 Å². The third kappa shape index (κ3) is 3.47. The summed E-state index contributed by atoms with van der Waals surface area (Å²) >= 11 is 0. The van der Waals surface area contributed by atoms with Crippen molar-refractivity contribution in [1.29, 1.82) is 0 Å². The van der Waals surface area contributed by atoms with E-state index in [0.29, 0.717) is 17.3 Å². The molecule has 1 N–H and O–H groups in total. The zero-order chi connectivity index (χ0) is 22.6. The van der Waals surface area contributed by atoms with Gasteiger partial charge in [-0.15, -0.1) is 0 Å². The van der Waals surface area contributed by atoms with Gasteiger partial charge in [-0.2, -0.15) is 0 Å². The maximum atomic E-state index is 11.9. The Morgan fingerprint density at radius 2 is 1.75 bits per heavy atom. The molecule has 3 nitrogen and oxygen atoms in total. The van der Waals surface area contributed by atoms with E-state index in [-0.39, 0.29) is 17.5 Å². The molecule has 0 aromatic heterocycles. The van der Waals surface area contributed by atoms with E-state index in [0.717, 1.165) is 43.9 Å². The monoisotopic (exact) mass is 436 g/mol. The Hall–Kier alpha value is -1.61. The van der Waals surface area contributed by atoms with Gasteiger partial charge in [0.05, 0.1) is 5.60 Å². The fourth-order valence-electron chi connectivity index (χ4n) is 8.68. The molecule has 0 spiro atoms. The summed E-state index contributed by atoms with van der Waals surface area (Å²) in [5.41, 5.74) is 0.793. The molecule has 0 bridgehead atoms. The minimum absolute atomic E-state index is 0.0302. The highest BCUT2D eigenvalue weighted by atomic mass is 16.5. The molecular formula is C29H40O3. The van der Waals surface area contributed by atoms with Gasteiger partial charge in [-0.1, -0.05) is 56.3 Å². The van der Waals surface area contributed by atoms with Crippen molar-refractivity contribution in [3.8, 4) is 0 Å². The molecule has 3 heteroatoms. The molecule has 4 fully saturated rings. The lowest BCUT2D eigenvalue weighted by molar-refractivity contribution is -0.164. The van der Waals surface area contributed by atoms with Gasteiger partial charge in [0.15, 0.2) is 0 Å². The Bertz CT molecular complexity index is 878. The fraction of sp³-hybridized carbons (Fsp3) is 0.690. The van der Waals surface area contributed by atoms with Crippen molar-refractivity contribution in [1.82, 2.24) is 0 Å². The summed E-state index contributed by atoms with van der Waals surface area (Å²) in [4.78, 5) is 11.5. The SMILES string of the molecule is CC(=O)O[C@@H]1CC[C@]2(C)[C@H](CC[C@H]3[C@H]4CC[C@@](O)(/C=C/c5ccccc5)[C@]4(C)CC[C@@H]32)C1. The van der Waals surface area contributed by atoms with Crippen molar-refractivity contribution in [3.63, 3.8) is 0 Å². The van der Waals surface area contributed by atoms with Crippen LogP contribution in [0.1, 0.15) is 84.1 Å². The van der Waals surface area contributed by atoms with Crippen molar-refractivity contribution >= 4 is 12.0 Å². The molecule has 32 heavy (non-hydrogen) atoms. The van der Waals surface area contributed by atoms with Gasteiger partial charge in [0, 0.05) is 12.3 Å². The number of carbonyl (C=O) groups excluding carboxylic acids is 1. The summed E-state index contributed by atoms with van der Waals surface area (Å²) in [6.45, 7) is 6.46. The number of esters is 1. The van der Waals surface area contributed by atoms with Gasteiger partial charge >= 0.3 is 5.97 Å². The summed E-state index contributed by atoms with van der Waals surface area (Å²) in [6, 6.07) is 10.4. The smallest absolute Gasteiger partial charge is 0.302 e. The molecule has 5 rings (SSSR count). The van der Waals surface area contributed by atoms with Crippen LogP contribution in [0.2, 0.25) is 0 Å². The Balaban J connectivity index is 1.35. The van der Waals surface area contributed by atoms with Gasteiger partial charge in [0.2, 0.25) is 0 Å². The first-order valence-corrected chi connectivity index (χ1v) is 12.9. The quantitative estimate of drug-likeness (QED) is 0.557. The molecule has 4 aliphatic rings. The minimum Gasteiger partial charge on any atom is -0.463 e. The third-order valence-corrected chi connectivity index (χ3v) is 10.5. The highest BCUT2D eigenvalue weighted by Gasteiger charge is 2.64. The summed E-state index contributed by atoms with van der Waals surface area (Å²) in [7, 11) is 0. The predicted octanol–water partition coefficient (Wildman–Crippen LogP) is 6.41. The highest BCUT2D eigenvalue weighted by molar-refractivity contribution is 5.66. The molecule has 0 saturated heterocycles. The molecule has 0 radical (unpaired) electrons. The van der Waals surface area contributed by atoms with Crippen LogP contribution in [0.4, 0.5) is 0 Å². The number of rotatable bonds is 3. The average molecular weight is 437 g/mol. The summed E-state index contributed by atoms with van der Waals surface area (Å²) in [5, 5.41) is 11.9. The zero-order valence-electron chi connectivity index (χ0n) is 20.1. The second-order valence-electron chi connectivity index (χ2n) is 11.8. The maximum Gasteiger partial charge on any atom is 0.302 e. The first-order valence-electron chi connectivity index (χ1n) is 12.9. The van der Waals surface area contributed by atoms with Crippen LogP contribution in [-0.2, 0) is 9.53 Å². The molecule has 4 aliphatic carbocycles. The molecule has 4 saturated carbocycles. The standard InChI is InChI=1S/C29H40O3/c1-20(30)32-23-12-15-27(2)22(19-23)9-10-24-25(27)13-16-28(3)26(24)14-18-29(28,31)17-11-21-7-5-4-6-8-21/h4-8,11,17,22-26,31H,9-10,12-16,18-19H2,1-3H3/b17-11+/t22-,23-,24-,25+,26-,27-,28-,29+/m1/s1. The maximum absolute atomic E-state index is 11.9. The van der Waals surface area contributed by atoms with Crippen molar-refractivity contribution in [2.24, 2.45) is 34.5 Å². The van der Waals surface area contributed by atoms with Crippen LogP contribution >= 0.6 is 0 Å². The second-order valence-corrected chi connectivity index (χ2v) is 11.8. The summed E-state index contributed by atoms with van der Waals surface area (Å²) in [5.74, 6) is 2.62. The van der Waals surface area contributed by atoms with E-state index < -0.39 is 5.60 Å². The van der Waals surface area contributed by atoms with Crippen LogP contribution in [0.3, 0.4) is 0 Å². The highest BCUT2D eigenvalue weighted by Crippen LogP contribution is 2.68. The molecule has 8 atom stereocenters. The molecule has 0 amide bonds. The van der Waals surface area contributed by atoms with Crippen LogP contribution in [0.5, 0.6) is 0 Å². The number of benzene rings is 1. The first-order chi connectivity index (χ1) is 15.3. The summed E-state index contributed by atoms with van der Waals surface area (Å²) < 4.78 is 5.62. The Morgan fingerprint density at radius 3 is 2.50 bits per heavy atom. The van der Waals surface area contributed by atoms with Gasteiger partial charge < -0.3 is 9.84 Å². The van der Waals surface area contributed by atoms with Crippen LogP contribution in [0.25, 0.3) is 6.08 Å². The van der Waals surface area contributed by atoms with Crippen LogP contribution < -0.4 is 0 Å². The van der Waals surface area contributed by atoms with E-state index >= 15 is 0 Å². The van der Waals surface area contributed by atoms with E-state index in [4.69, 9.17) is 4.74 Å². The normalized spacial score (nSPS) is 45.7. The molecule has 0 aliphatic heterocycles. The molecule has 0 heterocycles. The topological polar surface area (TPSA) is 46.5 Å². The predicted molar refractivity (Wildman–Crippen MR) is 128 cm³/mol. The lowest BCUT2D eigenvalue weighted by atomic mass is 9.44. The number of aliphatic hydroxyl groups is 1. The molecule has 0 unspecified atom stereocenters. The van der Waals surface area contributed by atoms with Gasteiger partial charge in [-0.05, 0) is 92.4 Å². The Labute approximate surface area is 193 Å². The van der Waals surface area contributed by atoms with Gasteiger partial charge in [0.1, 0.15) is 6.10 Å². The lowest BCUT2D eigenvalue weighted by Crippen LogP contribution is -2.56. The van der Waals surface area contributed by atoms with Gasteiger partial charge in [-0.25, -0.2) is 0 Å². The van der Waals surface area contributed by atoms with Crippen molar-refractivity contribution < 1.29 is 14.6 Å². The Kier molecular flexibility index (Phi) is 5.55. The minimum atomic E-state index is -0.705. The molecule has 1 aromatic carbocycles. The van der Waals surface area contributed by atoms with Crippen molar-refractivity contribution in [3.05, 3.63) is 42.0 Å². The number of fused-ring (bicyclic) bond motifs is 5. The number of ether oxygens (including phenoxy) is 1. The van der Waals surface area contributed by atoms with Crippen molar-refractivity contribution in [2.75, 3.05) is 0 Å². The summed E-state index contributed by atoms with van der Waals surface area (Å²) in [6.07, 6.45) is 14.5. The van der Waals surface area contributed by atoms with E-state index in [2.05, 4.69) is 50.3 Å². The zero-order valence-corrected chi connectivity index (χ0v) is 20.1. The molecule has 174 valence electrons. The molecular weight excluding hydrogens is 396 g/mol. The van der Waals surface area contributed by atoms with Crippen LogP contribution in [-0.4, -0.2) is 22.8 Å². The largest absolute Gasteiger partial charge is 0.463 e. The van der Waals surface area contributed by atoms with Crippen LogP contribution in [0, 0.1) is 34.5 Å². The van der Waals surface area contributed by atoms with Crippen molar-refractivity contribution in [2.45, 2.75) is 90.3 Å². The van der Waals surface area contributed by atoms with Crippen LogP contribution in [0.15, 0.2) is 36.4 Å². The van der Waals surface area contributed by atoms with E-state index in [9.17, 15) is 9.90 Å². The van der Waals surface area contributed by atoms with E-state index in [1.165, 1.54) is 31.2 Å². The fourth-order valence-corrected chi connectivity index (χ4v) is 8.68. The average Bonchev–Trinajstić information content (AvgIpc) is 3.04. The first kappa shape index (κ1) is 22.2. The van der Waals surface area contributed by atoms with Gasteiger partial charge in [-0.3, -0.25) is 4.79 Å². The third-order valence-electron chi connectivity index (χ3n) is 10.5. The molecule has 1 aromatic rings. The second kappa shape index (κ2) is 8.01. The van der Waals surface area contributed by atoms with E-state index in [1.54, 1.807) is 6.92 Å². The van der Waals surface area contributed by atoms with E-state index in [1.807, 2.05) is 6.07 Å². The number of carbonyl (C=O) groups is 1. The Morgan fingerprint density at radius 1 is 1.00 bits per heavy atom. The number of hydrogen-bond acceptors (Lipinski definition) is 3. The number of hydrogen-bond donors (Lipinski definition) is 1. The lowest BCUT2D eigenvalue weighted by Gasteiger charge is -2.61.